The van der Waals surface area contributed by atoms with E-state index in [1.807, 2.05) is 12.4 Å². The van der Waals surface area contributed by atoms with Crippen LogP contribution in [0.15, 0.2) is 12.4 Å². The Balaban J connectivity index is 2.20. The van der Waals surface area contributed by atoms with Gasteiger partial charge in [-0.15, -0.1) is 0 Å². The van der Waals surface area contributed by atoms with Crippen LogP contribution in [0, 0.1) is 0 Å². The predicted octanol–water partition coefficient (Wildman–Crippen LogP) is 2.37. The van der Waals surface area contributed by atoms with E-state index >= 15 is 0 Å². The van der Waals surface area contributed by atoms with Gasteiger partial charge in [0, 0.05) is 12.4 Å². The maximum Gasteiger partial charge on any atom is 0.319 e. The first-order valence-corrected chi connectivity index (χ1v) is 6.40. The Hall–Kier alpha value is -1.45. The molecule has 1 fully saturated rings. The van der Waals surface area contributed by atoms with Crippen LogP contribution in [0.1, 0.15) is 51.9 Å². The summed E-state index contributed by atoms with van der Waals surface area (Å²) < 4.78 is 5.05. The van der Waals surface area contributed by atoms with Crippen LogP contribution in [-0.2, 0) is 20.4 Å². The minimum Gasteiger partial charge on any atom is -0.465 e. The van der Waals surface area contributed by atoms with Crippen LogP contribution in [-0.4, -0.2) is 22.5 Å². The van der Waals surface area contributed by atoms with Crippen LogP contribution in [0.5, 0.6) is 0 Å². The predicted molar refractivity (Wildman–Crippen MR) is 68.3 cm³/mol. The van der Waals surface area contributed by atoms with Crippen LogP contribution < -0.4 is 0 Å². The molecule has 0 aromatic carbocycles. The summed E-state index contributed by atoms with van der Waals surface area (Å²) in [5, 5.41) is 0. The van der Waals surface area contributed by atoms with E-state index in [1.54, 1.807) is 20.8 Å². The second-order valence-corrected chi connectivity index (χ2v) is 5.70. The fraction of sp³-hybridized carbons (Fsp3) is 0.643. The van der Waals surface area contributed by atoms with Gasteiger partial charge in [-0.3, -0.25) is 4.79 Å². The molecule has 0 unspecified atom stereocenters. The van der Waals surface area contributed by atoms with Crippen LogP contribution in [0.2, 0.25) is 0 Å². The molecule has 0 radical (unpaired) electrons. The molecule has 1 aromatic rings. The molecule has 1 aliphatic carbocycles. The smallest absolute Gasteiger partial charge is 0.319 e. The minimum absolute atomic E-state index is 0.257. The van der Waals surface area contributed by atoms with Gasteiger partial charge in [0.25, 0.3) is 0 Å². The maximum atomic E-state index is 11.9. The molecular formula is C14H20N2O2. The van der Waals surface area contributed by atoms with Crippen LogP contribution in [0.25, 0.3) is 0 Å². The van der Waals surface area contributed by atoms with Crippen molar-refractivity contribution >= 4 is 5.97 Å². The Morgan fingerprint density at radius 3 is 2.39 bits per heavy atom. The molecule has 0 N–H and O–H groups in total. The van der Waals surface area contributed by atoms with Crippen LogP contribution in [0.3, 0.4) is 0 Å². The van der Waals surface area contributed by atoms with Gasteiger partial charge in [0.1, 0.15) is 11.2 Å². The van der Waals surface area contributed by atoms with Crippen LogP contribution in [0.4, 0.5) is 0 Å². The van der Waals surface area contributed by atoms with Crippen molar-refractivity contribution in [3.8, 4) is 0 Å². The first-order chi connectivity index (χ1) is 8.40. The average Bonchev–Trinajstić information content (AvgIpc) is 3.09. The van der Waals surface area contributed by atoms with Crippen molar-refractivity contribution in [2.75, 3.05) is 6.61 Å². The number of ether oxygens (including phenoxy) is 1. The molecule has 0 aliphatic heterocycles. The monoisotopic (exact) mass is 248 g/mol. The largest absolute Gasteiger partial charge is 0.465 e. The van der Waals surface area contributed by atoms with Crippen molar-refractivity contribution in [2.24, 2.45) is 0 Å². The lowest BCUT2D eigenvalue weighted by Crippen LogP contribution is -2.33. The molecule has 1 aromatic heterocycles. The normalized spacial score (nSPS) is 17.3. The molecule has 0 spiro atoms. The standard InChI is InChI=1S/C14H20N2O2/c1-5-18-12(17)13(2,3)11-15-8-10(9-16-11)14(4)6-7-14/h8-9H,5-7H2,1-4H3. The molecule has 1 saturated carbocycles. The zero-order valence-electron chi connectivity index (χ0n) is 11.5. The molecule has 0 saturated heterocycles. The molecule has 0 atom stereocenters. The molecule has 0 bridgehead atoms. The second kappa shape index (κ2) is 4.34. The first kappa shape index (κ1) is 13.0. The highest BCUT2D eigenvalue weighted by molar-refractivity contribution is 5.80. The van der Waals surface area contributed by atoms with E-state index in [9.17, 15) is 4.79 Å². The third-order valence-corrected chi connectivity index (χ3v) is 3.69. The molecule has 0 amide bonds. The number of esters is 1. The lowest BCUT2D eigenvalue weighted by atomic mass is 9.92. The molecular weight excluding hydrogens is 228 g/mol. The highest BCUT2D eigenvalue weighted by Gasteiger charge is 2.40. The molecule has 4 nitrogen and oxygen atoms in total. The van der Waals surface area contributed by atoms with Gasteiger partial charge in [-0.2, -0.15) is 0 Å². The number of hydrogen-bond donors (Lipinski definition) is 0. The van der Waals surface area contributed by atoms with Gasteiger partial charge in [0.15, 0.2) is 0 Å². The van der Waals surface area contributed by atoms with E-state index in [-0.39, 0.29) is 11.4 Å². The summed E-state index contributed by atoms with van der Waals surface area (Å²) in [7, 11) is 0. The second-order valence-electron chi connectivity index (χ2n) is 5.70. The van der Waals surface area contributed by atoms with Crippen molar-refractivity contribution < 1.29 is 9.53 Å². The molecule has 18 heavy (non-hydrogen) atoms. The lowest BCUT2D eigenvalue weighted by Gasteiger charge is -2.21. The van der Waals surface area contributed by atoms with E-state index in [2.05, 4.69) is 16.9 Å². The van der Waals surface area contributed by atoms with E-state index < -0.39 is 5.41 Å². The van der Waals surface area contributed by atoms with Crippen molar-refractivity contribution in [1.29, 1.82) is 0 Å². The zero-order chi connectivity index (χ0) is 13.4. The Labute approximate surface area is 108 Å². The average molecular weight is 248 g/mol. The molecule has 1 heterocycles. The van der Waals surface area contributed by atoms with Crippen molar-refractivity contribution in [1.82, 2.24) is 9.97 Å². The quantitative estimate of drug-likeness (QED) is 0.768. The molecule has 2 rings (SSSR count). The number of hydrogen-bond acceptors (Lipinski definition) is 4. The van der Waals surface area contributed by atoms with Gasteiger partial charge < -0.3 is 4.74 Å². The summed E-state index contributed by atoms with van der Waals surface area (Å²) >= 11 is 0. The Kier molecular flexibility index (Phi) is 3.13. The van der Waals surface area contributed by atoms with E-state index in [0.717, 1.165) is 5.56 Å². The van der Waals surface area contributed by atoms with Gasteiger partial charge in [-0.05, 0) is 44.6 Å². The number of rotatable bonds is 4. The Bertz CT molecular complexity index is 447. The highest BCUT2D eigenvalue weighted by Crippen LogP contribution is 2.47. The van der Waals surface area contributed by atoms with Gasteiger partial charge in [0.05, 0.1) is 6.61 Å². The molecule has 4 heteroatoms. The van der Waals surface area contributed by atoms with Crippen molar-refractivity contribution in [2.45, 2.75) is 51.4 Å². The Morgan fingerprint density at radius 1 is 1.39 bits per heavy atom. The van der Waals surface area contributed by atoms with Crippen molar-refractivity contribution in [3.63, 3.8) is 0 Å². The third kappa shape index (κ3) is 2.24. The fourth-order valence-electron chi connectivity index (χ4n) is 1.84. The fourth-order valence-corrected chi connectivity index (χ4v) is 1.84. The van der Waals surface area contributed by atoms with Gasteiger partial charge >= 0.3 is 5.97 Å². The summed E-state index contributed by atoms with van der Waals surface area (Å²) in [6.07, 6.45) is 6.07. The summed E-state index contributed by atoms with van der Waals surface area (Å²) in [5.41, 5.74) is 0.622. The van der Waals surface area contributed by atoms with E-state index in [0.29, 0.717) is 12.4 Å². The summed E-state index contributed by atoms with van der Waals surface area (Å²) in [5.74, 6) is 0.240. The van der Waals surface area contributed by atoms with Gasteiger partial charge in [0.2, 0.25) is 0 Å². The minimum atomic E-state index is -0.793. The zero-order valence-corrected chi connectivity index (χ0v) is 11.5. The topological polar surface area (TPSA) is 52.1 Å². The SMILES string of the molecule is CCOC(=O)C(C)(C)c1ncc(C2(C)CC2)cn1. The third-order valence-electron chi connectivity index (χ3n) is 3.69. The van der Waals surface area contributed by atoms with Crippen molar-refractivity contribution in [3.05, 3.63) is 23.8 Å². The van der Waals surface area contributed by atoms with E-state index in [1.165, 1.54) is 12.8 Å². The van der Waals surface area contributed by atoms with E-state index in [4.69, 9.17) is 4.74 Å². The Morgan fingerprint density at radius 2 is 1.94 bits per heavy atom. The number of carbonyl (C=O) groups is 1. The molecule has 98 valence electrons. The summed E-state index contributed by atoms with van der Waals surface area (Å²) in [6, 6.07) is 0. The first-order valence-electron chi connectivity index (χ1n) is 6.40. The number of nitrogens with zero attached hydrogens (tertiary/aromatic N) is 2. The number of carbonyl (C=O) groups excluding carboxylic acids is 1. The maximum absolute atomic E-state index is 11.9. The van der Waals surface area contributed by atoms with Crippen LogP contribution >= 0.6 is 0 Å². The summed E-state index contributed by atoms with van der Waals surface area (Å²) in [4.78, 5) is 20.6. The highest BCUT2D eigenvalue weighted by atomic mass is 16.5. The van der Waals surface area contributed by atoms with Gasteiger partial charge in [-0.25, -0.2) is 9.97 Å². The molecule has 1 aliphatic rings. The number of aromatic nitrogens is 2. The van der Waals surface area contributed by atoms with Gasteiger partial charge in [-0.1, -0.05) is 6.92 Å². The lowest BCUT2D eigenvalue weighted by molar-refractivity contribution is -0.149. The summed E-state index contributed by atoms with van der Waals surface area (Å²) in [6.45, 7) is 7.96.